The van der Waals surface area contributed by atoms with Gasteiger partial charge in [0.2, 0.25) is 11.8 Å². The standard InChI is InChI=1S/C24H21N3O5/c28-21(26-17-7-4-8-18(15-17)27-14-6-12-22(27)29)16-31-24(30)20-11-5-13-25-23(20)32-19-9-2-1-3-10-19/h1-5,7-11,13,15H,6,12,14,16H2,(H,26,28). The molecule has 32 heavy (non-hydrogen) atoms. The predicted molar refractivity (Wildman–Crippen MR) is 118 cm³/mol. The molecule has 8 heteroatoms. The van der Waals surface area contributed by atoms with Crippen molar-refractivity contribution in [2.24, 2.45) is 0 Å². The number of hydrogen-bond acceptors (Lipinski definition) is 6. The molecule has 162 valence electrons. The summed E-state index contributed by atoms with van der Waals surface area (Å²) in [5, 5.41) is 2.68. The number of hydrogen-bond donors (Lipinski definition) is 1. The maximum absolute atomic E-state index is 12.5. The van der Waals surface area contributed by atoms with Gasteiger partial charge in [-0.1, -0.05) is 24.3 Å². The smallest absolute Gasteiger partial charge is 0.344 e. The lowest BCUT2D eigenvalue weighted by molar-refractivity contribution is -0.119. The van der Waals surface area contributed by atoms with E-state index in [-0.39, 0.29) is 17.4 Å². The largest absolute Gasteiger partial charge is 0.452 e. The van der Waals surface area contributed by atoms with Crippen molar-refractivity contribution < 1.29 is 23.9 Å². The van der Waals surface area contributed by atoms with Crippen LogP contribution in [-0.2, 0) is 14.3 Å². The van der Waals surface area contributed by atoms with Crippen LogP contribution in [0.3, 0.4) is 0 Å². The summed E-state index contributed by atoms with van der Waals surface area (Å²) in [7, 11) is 0. The SMILES string of the molecule is O=C(COC(=O)c1cccnc1Oc1ccccc1)Nc1cccc(N2CCCC2=O)c1. The molecule has 1 N–H and O–H groups in total. The molecule has 1 aliphatic rings. The molecule has 1 aliphatic heterocycles. The lowest BCUT2D eigenvalue weighted by atomic mass is 10.2. The predicted octanol–water partition coefficient (Wildman–Crippen LogP) is 3.80. The molecule has 0 atom stereocenters. The van der Waals surface area contributed by atoms with Crippen LogP contribution in [0.1, 0.15) is 23.2 Å². The van der Waals surface area contributed by atoms with Crippen LogP contribution < -0.4 is 15.0 Å². The lowest BCUT2D eigenvalue weighted by Gasteiger charge is -2.16. The average Bonchev–Trinajstić information content (AvgIpc) is 3.24. The number of carbonyl (C=O) groups excluding carboxylic acids is 3. The third-order valence-corrected chi connectivity index (χ3v) is 4.80. The lowest BCUT2D eigenvalue weighted by Crippen LogP contribution is -2.24. The van der Waals surface area contributed by atoms with Crippen LogP contribution in [0.4, 0.5) is 11.4 Å². The van der Waals surface area contributed by atoms with Crippen LogP contribution in [0, 0.1) is 0 Å². The number of benzene rings is 2. The van der Waals surface area contributed by atoms with Gasteiger partial charge in [-0.3, -0.25) is 9.59 Å². The Morgan fingerprint density at radius 2 is 1.88 bits per heavy atom. The maximum atomic E-state index is 12.5. The molecule has 3 aromatic rings. The number of para-hydroxylation sites is 1. The Hall–Kier alpha value is -4.20. The van der Waals surface area contributed by atoms with Gasteiger partial charge in [0, 0.05) is 30.5 Å². The van der Waals surface area contributed by atoms with Gasteiger partial charge in [-0.25, -0.2) is 9.78 Å². The number of esters is 1. The average molecular weight is 431 g/mol. The molecule has 0 spiro atoms. The zero-order chi connectivity index (χ0) is 22.3. The number of nitrogens with zero attached hydrogens (tertiary/aromatic N) is 2. The minimum atomic E-state index is -0.726. The molecule has 1 aromatic heterocycles. The summed E-state index contributed by atoms with van der Waals surface area (Å²) in [6.45, 7) is 0.178. The first kappa shape index (κ1) is 21.0. The Kier molecular flexibility index (Phi) is 6.41. The van der Waals surface area contributed by atoms with Crippen molar-refractivity contribution in [2.45, 2.75) is 12.8 Å². The molecule has 2 amide bonds. The summed E-state index contributed by atoms with van der Waals surface area (Å²) < 4.78 is 10.8. The molecule has 1 saturated heterocycles. The van der Waals surface area contributed by atoms with Crippen LogP contribution in [0.5, 0.6) is 11.6 Å². The van der Waals surface area contributed by atoms with Crippen molar-refractivity contribution in [3.8, 4) is 11.6 Å². The number of amides is 2. The Morgan fingerprint density at radius 1 is 1.03 bits per heavy atom. The topological polar surface area (TPSA) is 97.8 Å². The molecule has 0 saturated carbocycles. The normalized spacial score (nSPS) is 13.0. The quantitative estimate of drug-likeness (QED) is 0.572. The molecule has 2 heterocycles. The van der Waals surface area contributed by atoms with Gasteiger partial charge in [0.05, 0.1) is 0 Å². The van der Waals surface area contributed by atoms with Crippen molar-refractivity contribution in [1.82, 2.24) is 4.98 Å². The van der Waals surface area contributed by atoms with E-state index in [0.717, 1.165) is 12.1 Å². The van der Waals surface area contributed by atoms with E-state index in [1.165, 1.54) is 12.3 Å². The van der Waals surface area contributed by atoms with Gasteiger partial charge in [0.25, 0.3) is 5.91 Å². The highest BCUT2D eigenvalue weighted by molar-refractivity contribution is 5.98. The minimum absolute atomic E-state index is 0.0624. The van der Waals surface area contributed by atoms with Crippen molar-refractivity contribution in [3.63, 3.8) is 0 Å². The van der Waals surface area contributed by atoms with Crippen molar-refractivity contribution >= 4 is 29.2 Å². The van der Waals surface area contributed by atoms with E-state index in [1.54, 1.807) is 53.4 Å². The first-order valence-electron chi connectivity index (χ1n) is 10.2. The molecule has 1 fully saturated rings. The monoisotopic (exact) mass is 431 g/mol. The zero-order valence-electron chi connectivity index (χ0n) is 17.2. The van der Waals surface area contributed by atoms with E-state index in [1.807, 2.05) is 12.1 Å². The first-order valence-corrected chi connectivity index (χ1v) is 10.2. The summed E-state index contributed by atoms with van der Waals surface area (Å²) >= 11 is 0. The summed E-state index contributed by atoms with van der Waals surface area (Å²) in [5.41, 5.74) is 1.34. The fourth-order valence-electron chi connectivity index (χ4n) is 3.31. The fraction of sp³-hybridized carbons (Fsp3) is 0.167. The summed E-state index contributed by atoms with van der Waals surface area (Å²) in [4.78, 5) is 42.5. The number of anilines is 2. The Morgan fingerprint density at radius 3 is 2.66 bits per heavy atom. The molecule has 0 unspecified atom stereocenters. The van der Waals surface area contributed by atoms with E-state index >= 15 is 0 Å². The van der Waals surface area contributed by atoms with Gasteiger partial charge in [-0.15, -0.1) is 0 Å². The van der Waals surface area contributed by atoms with E-state index in [2.05, 4.69) is 10.3 Å². The highest BCUT2D eigenvalue weighted by atomic mass is 16.5. The second-order valence-electron chi connectivity index (χ2n) is 7.09. The van der Waals surface area contributed by atoms with Crippen LogP contribution >= 0.6 is 0 Å². The van der Waals surface area contributed by atoms with Crippen molar-refractivity contribution in [2.75, 3.05) is 23.4 Å². The number of aromatic nitrogens is 1. The molecule has 0 aliphatic carbocycles. The van der Waals surface area contributed by atoms with Gasteiger partial charge in [-0.2, -0.15) is 0 Å². The molecule has 0 radical (unpaired) electrons. The fourth-order valence-corrected chi connectivity index (χ4v) is 3.31. The number of ether oxygens (including phenoxy) is 2. The molecular weight excluding hydrogens is 410 g/mol. The summed E-state index contributed by atoms with van der Waals surface area (Å²) in [5.74, 6) is -0.554. The van der Waals surface area contributed by atoms with Gasteiger partial charge < -0.3 is 19.7 Å². The second kappa shape index (κ2) is 9.74. The van der Waals surface area contributed by atoms with E-state index in [9.17, 15) is 14.4 Å². The zero-order valence-corrected chi connectivity index (χ0v) is 17.2. The van der Waals surface area contributed by atoms with E-state index < -0.39 is 18.5 Å². The molecule has 4 rings (SSSR count). The Labute approximate surface area is 184 Å². The first-order chi connectivity index (χ1) is 15.6. The van der Waals surface area contributed by atoms with Crippen molar-refractivity contribution in [1.29, 1.82) is 0 Å². The third-order valence-electron chi connectivity index (χ3n) is 4.80. The van der Waals surface area contributed by atoms with E-state index in [4.69, 9.17) is 9.47 Å². The van der Waals surface area contributed by atoms with Crippen LogP contribution in [0.15, 0.2) is 72.9 Å². The number of carbonyl (C=O) groups is 3. The maximum Gasteiger partial charge on any atom is 0.344 e. The Balaban J connectivity index is 1.36. The number of rotatable bonds is 7. The van der Waals surface area contributed by atoms with Crippen molar-refractivity contribution in [3.05, 3.63) is 78.5 Å². The van der Waals surface area contributed by atoms with Crippen LogP contribution in [-0.4, -0.2) is 35.9 Å². The van der Waals surface area contributed by atoms with Crippen LogP contribution in [0.25, 0.3) is 0 Å². The van der Waals surface area contributed by atoms with Gasteiger partial charge >= 0.3 is 5.97 Å². The third kappa shape index (κ3) is 5.10. The minimum Gasteiger partial charge on any atom is -0.452 e. The highest BCUT2D eigenvalue weighted by Crippen LogP contribution is 2.25. The van der Waals surface area contributed by atoms with E-state index in [0.29, 0.717) is 24.4 Å². The molecule has 8 nitrogen and oxygen atoms in total. The van der Waals surface area contributed by atoms with Gasteiger partial charge in [-0.05, 0) is 48.9 Å². The Bertz CT molecular complexity index is 1130. The second-order valence-corrected chi connectivity index (χ2v) is 7.09. The molecular formula is C24H21N3O5. The van der Waals surface area contributed by atoms with Crippen LogP contribution in [0.2, 0.25) is 0 Å². The molecule has 0 bridgehead atoms. The van der Waals surface area contributed by atoms with Gasteiger partial charge in [0.15, 0.2) is 6.61 Å². The molecule has 2 aromatic carbocycles. The highest BCUT2D eigenvalue weighted by Gasteiger charge is 2.22. The summed E-state index contributed by atoms with van der Waals surface area (Å²) in [6, 6.07) is 19.0. The summed E-state index contributed by atoms with van der Waals surface area (Å²) in [6.07, 6.45) is 2.84. The number of nitrogens with one attached hydrogen (secondary N) is 1. The van der Waals surface area contributed by atoms with Gasteiger partial charge in [0.1, 0.15) is 11.3 Å². The number of pyridine rings is 1.